The van der Waals surface area contributed by atoms with Crippen LogP contribution < -0.4 is 10.6 Å². The van der Waals surface area contributed by atoms with Crippen LogP contribution in [0.15, 0.2) is 16.5 Å². The Morgan fingerprint density at radius 1 is 1.43 bits per heavy atom. The zero-order chi connectivity index (χ0) is 10.2. The van der Waals surface area contributed by atoms with Crippen molar-refractivity contribution in [2.75, 3.05) is 13.1 Å². The lowest BCUT2D eigenvalue weighted by atomic mass is 9.99. The molecule has 0 bridgehead atoms. The van der Waals surface area contributed by atoms with Crippen molar-refractivity contribution in [1.82, 2.24) is 10.6 Å². The molecule has 1 aromatic heterocycles. The minimum atomic E-state index is 0.142. The molecule has 2 N–H and O–H groups in total. The van der Waals surface area contributed by atoms with Gasteiger partial charge in [-0.2, -0.15) is 0 Å². The topological polar surface area (TPSA) is 37.2 Å². The van der Waals surface area contributed by atoms with Crippen molar-refractivity contribution < 1.29 is 4.42 Å². The Balaban J connectivity index is 2.12. The largest absolute Gasteiger partial charge is 0.465 e. The second-order valence-electron chi connectivity index (χ2n) is 4.66. The van der Waals surface area contributed by atoms with Gasteiger partial charge in [0.15, 0.2) is 0 Å². The number of piperazine rings is 1. The van der Waals surface area contributed by atoms with Crippen molar-refractivity contribution in [2.45, 2.75) is 32.4 Å². The van der Waals surface area contributed by atoms with Crippen LogP contribution >= 0.6 is 0 Å². The second-order valence-corrected chi connectivity index (χ2v) is 4.66. The van der Waals surface area contributed by atoms with Crippen LogP contribution in [0.25, 0.3) is 0 Å². The predicted molar refractivity (Wildman–Crippen MR) is 56.3 cm³/mol. The smallest absolute Gasteiger partial charge is 0.122 e. The summed E-state index contributed by atoms with van der Waals surface area (Å²) in [5.74, 6) is 2.01. The maximum absolute atomic E-state index is 5.61. The van der Waals surface area contributed by atoms with Crippen LogP contribution in [0.3, 0.4) is 0 Å². The minimum absolute atomic E-state index is 0.142. The SMILES string of the molecule is Cc1ccc(C2CNCC(C)(C)N2)o1. The monoisotopic (exact) mass is 194 g/mol. The molecule has 0 radical (unpaired) electrons. The number of hydrogen-bond donors (Lipinski definition) is 2. The van der Waals surface area contributed by atoms with E-state index in [1.165, 1.54) is 0 Å². The van der Waals surface area contributed by atoms with Crippen molar-refractivity contribution in [3.63, 3.8) is 0 Å². The summed E-state index contributed by atoms with van der Waals surface area (Å²) in [6.45, 7) is 8.31. The number of nitrogens with one attached hydrogen (secondary N) is 2. The van der Waals surface area contributed by atoms with Gasteiger partial charge >= 0.3 is 0 Å². The van der Waals surface area contributed by atoms with Gasteiger partial charge in [-0.1, -0.05) is 0 Å². The van der Waals surface area contributed by atoms with E-state index in [0.29, 0.717) is 6.04 Å². The standard InChI is InChI=1S/C11H18N2O/c1-8-4-5-10(14-8)9-6-12-7-11(2,3)13-9/h4-5,9,12-13H,6-7H2,1-3H3. The maximum atomic E-state index is 5.61. The fourth-order valence-corrected chi connectivity index (χ4v) is 1.92. The normalized spacial score (nSPS) is 26.4. The van der Waals surface area contributed by atoms with Gasteiger partial charge in [-0.05, 0) is 32.9 Å². The summed E-state index contributed by atoms with van der Waals surface area (Å²) in [6, 6.07) is 4.36. The van der Waals surface area contributed by atoms with E-state index >= 15 is 0 Å². The Labute approximate surface area is 84.9 Å². The molecule has 78 valence electrons. The molecular weight excluding hydrogens is 176 g/mol. The molecule has 1 aliphatic rings. The maximum Gasteiger partial charge on any atom is 0.122 e. The number of aryl methyl sites for hydroxylation is 1. The molecule has 1 atom stereocenters. The minimum Gasteiger partial charge on any atom is -0.465 e. The predicted octanol–water partition coefficient (Wildman–Crippen LogP) is 1.60. The van der Waals surface area contributed by atoms with Gasteiger partial charge < -0.3 is 9.73 Å². The molecule has 0 aliphatic carbocycles. The van der Waals surface area contributed by atoms with Crippen LogP contribution in [-0.4, -0.2) is 18.6 Å². The van der Waals surface area contributed by atoms with Crippen molar-refractivity contribution in [2.24, 2.45) is 0 Å². The molecule has 1 fully saturated rings. The van der Waals surface area contributed by atoms with Crippen molar-refractivity contribution in [3.8, 4) is 0 Å². The van der Waals surface area contributed by atoms with E-state index < -0.39 is 0 Å². The zero-order valence-electron chi connectivity index (χ0n) is 9.05. The summed E-state index contributed by atoms with van der Waals surface area (Å²) < 4.78 is 5.61. The molecule has 1 unspecified atom stereocenters. The van der Waals surface area contributed by atoms with Gasteiger partial charge in [0.25, 0.3) is 0 Å². The molecule has 0 amide bonds. The molecule has 0 spiro atoms. The Morgan fingerprint density at radius 2 is 2.21 bits per heavy atom. The molecule has 1 aromatic rings. The zero-order valence-corrected chi connectivity index (χ0v) is 9.05. The lowest BCUT2D eigenvalue weighted by Gasteiger charge is -2.36. The molecule has 1 saturated heterocycles. The van der Waals surface area contributed by atoms with E-state index in [9.17, 15) is 0 Å². The third-order valence-electron chi connectivity index (χ3n) is 2.58. The van der Waals surface area contributed by atoms with Crippen LogP contribution in [0, 0.1) is 6.92 Å². The molecule has 3 nitrogen and oxygen atoms in total. The van der Waals surface area contributed by atoms with Crippen LogP contribution in [0.4, 0.5) is 0 Å². The van der Waals surface area contributed by atoms with Gasteiger partial charge in [0.05, 0.1) is 6.04 Å². The Hall–Kier alpha value is -0.800. The highest BCUT2D eigenvalue weighted by Gasteiger charge is 2.28. The highest BCUT2D eigenvalue weighted by Crippen LogP contribution is 2.21. The van der Waals surface area contributed by atoms with Gasteiger partial charge in [-0.3, -0.25) is 5.32 Å². The molecule has 1 aliphatic heterocycles. The first kappa shape index (κ1) is 9.74. The average molecular weight is 194 g/mol. The summed E-state index contributed by atoms with van der Waals surface area (Å²) in [6.07, 6.45) is 0. The summed E-state index contributed by atoms with van der Waals surface area (Å²) in [5.41, 5.74) is 0.142. The highest BCUT2D eigenvalue weighted by atomic mass is 16.3. The van der Waals surface area contributed by atoms with Crippen LogP contribution in [0.5, 0.6) is 0 Å². The Bertz CT molecular complexity index is 317. The molecule has 14 heavy (non-hydrogen) atoms. The fraction of sp³-hybridized carbons (Fsp3) is 0.636. The van der Waals surface area contributed by atoms with Crippen molar-refractivity contribution in [3.05, 3.63) is 23.7 Å². The summed E-state index contributed by atoms with van der Waals surface area (Å²) in [5, 5.41) is 6.98. The Morgan fingerprint density at radius 3 is 2.79 bits per heavy atom. The molecule has 0 aromatic carbocycles. The van der Waals surface area contributed by atoms with E-state index in [4.69, 9.17) is 4.42 Å². The van der Waals surface area contributed by atoms with E-state index in [-0.39, 0.29) is 5.54 Å². The molecular formula is C11H18N2O. The molecule has 3 heteroatoms. The van der Waals surface area contributed by atoms with Crippen molar-refractivity contribution >= 4 is 0 Å². The van der Waals surface area contributed by atoms with Crippen molar-refractivity contribution in [1.29, 1.82) is 0 Å². The van der Waals surface area contributed by atoms with Gasteiger partial charge in [0.2, 0.25) is 0 Å². The summed E-state index contributed by atoms with van der Waals surface area (Å²) in [7, 11) is 0. The van der Waals surface area contributed by atoms with E-state index in [2.05, 4.69) is 30.5 Å². The van der Waals surface area contributed by atoms with Crippen LogP contribution in [0.1, 0.15) is 31.4 Å². The number of rotatable bonds is 1. The first-order chi connectivity index (χ1) is 6.57. The van der Waals surface area contributed by atoms with Crippen LogP contribution in [-0.2, 0) is 0 Å². The third kappa shape index (κ3) is 1.99. The second kappa shape index (κ2) is 3.41. The number of furan rings is 1. The lowest BCUT2D eigenvalue weighted by molar-refractivity contribution is 0.240. The van der Waals surface area contributed by atoms with E-state index in [1.807, 2.05) is 13.0 Å². The van der Waals surface area contributed by atoms with Gasteiger partial charge in [-0.25, -0.2) is 0 Å². The van der Waals surface area contributed by atoms with E-state index in [0.717, 1.165) is 24.6 Å². The molecule has 2 heterocycles. The lowest BCUT2D eigenvalue weighted by Crippen LogP contribution is -2.56. The first-order valence-corrected chi connectivity index (χ1v) is 5.12. The van der Waals surface area contributed by atoms with Gasteiger partial charge in [-0.15, -0.1) is 0 Å². The number of hydrogen-bond acceptors (Lipinski definition) is 3. The quantitative estimate of drug-likeness (QED) is 0.713. The molecule has 0 saturated carbocycles. The van der Waals surface area contributed by atoms with Gasteiger partial charge in [0.1, 0.15) is 11.5 Å². The molecule has 2 rings (SSSR count). The average Bonchev–Trinajstić information content (AvgIpc) is 2.50. The summed E-state index contributed by atoms with van der Waals surface area (Å²) in [4.78, 5) is 0. The first-order valence-electron chi connectivity index (χ1n) is 5.12. The third-order valence-corrected chi connectivity index (χ3v) is 2.58. The van der Waals surface area contributed by atoms with Gasteiger partial charge in [0, 0.05) is 18.6 Å². The summed E-state index contributed by atoms with van der Waals surface area (Å²) >= 11 is 0. The van der Waals surface area contributed by atoms with E-state index in [1.54, 1.807) is 0 Å². The highest BCUT2D eigenvalue weighted by molar-refractivity contribution is 5.12. The fourth-order valence-electron chi connectivity index (χ4n) is 1.92. The Kier molecular flexibility index (Phi) is 2.37. The van der Waals surface area contributed by atoms with Crippen LogP contribution in [0.2, 0.25) is 0 Å².